The standard InChI is InChI=1S/C27H30N2O/c1-28(2)19-22-18-25-10-6-7-11-26(25)29(20-22)27(30)17-14-21-12-15-24(16-13-21)23-8-4-3-5-9-23/h3-13,15-16,22H,14,17-20H2,1-2H3/t22-/m1/s1. The van der Waals surface area contributed by atoms with E-state index in [1.807, 2.05) is 17.0 Å². The predicted molar refractivity (Wildman–Crippen MR) is 125 cm³/mol. The van der Waals surface area contributed by atoms with Gasteiger partial charge in [-0.1, -0.05) is 72.8 Å². The molecule has 1 atom stereocenters. The molecule has 154 valence electrons. The quantitative estimate of drug-likeness (QED) is 0.580. The van der Waals surface area contributed by atoms with Crippen LogP contribution in [0.3, 0.4) is 0 Å². The molecule has 0 aliphatic carbocycles. The summed E-state index contributed by atoms with van der Waals surface area (Å²) in [7, 11) is 4.21. The molecule has 1 heterocycles. The molecule has 30 heavy (non-hydrogen) atoms. The zero-order valence-electron chi connectivity index (χ0n) is 17.9. The molecule has 1 aliphatic rings. The summed E-state index contributed by atoms with van der Waals surface area (Å²) < 4.78 is 0. The van der Waals surface area contributed by atoms with Crippen molar-refractivity contribution in [2.45, 2.75) is 19.3 Å². The normalized spacial score (nSPS) is 15.8. The van der Waals surface area contributed by atoms with E-state index in [1.165, 1.54) is 22.3 Å². The van der Waals surface area contributed by atoms with Crippen molar-refractivity contribution in [3.05, 3.63) is 90.0 Å². The van der Waals surface area contributed by atoms with Crippen LogP contribution < -0.4 is 4.90 Å². The van der Waals surface area contributed by atoms with Gasteiger partial charge in [-0.2, -0.15) is 0 Å². The van der Waals surface area contributed by atoms with E-state index in [2.05, 4.69) is 85.7 Å². The third kappa shape index (κ3) is 4.80. The van der Waals surface area contributed by atoms with E-state index in [-0.39, 0.29) is 5.91 Å². The molecule has 3 aromatic carbocycles. The molecule has 0 fully saturated rings. The molecule has 0 saturated heterocycles. The fraction of sp³-hybridized carbons (Fsp3) is 0.296. The highest BCUT2D eigenvalue weighted by atomic mass is 16.2. The molecular weight excluding hydrogens is 368 g/mol. The van der Waals surface area contributed by atoms with Crippen molar-refractivity contribution >= 4 is 11.6 Å². The van der Waals surface area contributed by atoms with Gasteiger partial charge in [0, 0.05) is 25.2 Å². The Hall–Kier alpha value is -2.91. The van der Waals surface area contributed by atoms with E-state index < -0.39 is 0 Å². The molecule has 3 nitrogen and oxygen atoms in total. The third-order valence-electron chi connectivity index (χ3n) is 5.84. The molecule has 0 spiro atoms. The molecule has 0 bridgehead atoms. The summed E-state index contributed by atoms with van der Waals surface area (Å²) in [5.74, 6) is 0.696. The number of carbonyl (C=O) groups is 1. The van der Waals surface area contributed by atoms with Crippen LogP contribution in [0.2, 0.25) is 0 Å². The first-order valence-corrected chi connectivity index (χ1v) is 10.8. The van der Waals surface area contributed by atoms with Crippen molar-refractivity contribution in [1.82, 2.24) is 4.90 Å². The zero-order valence-corrected chi connectivity index (χ0v) is 17.9. The van der Waals surface area contributed by atoms with Crippen molar-refractivity contribution in [2.24, 2.45) is 5.92 Å². The fourth-order valence-corrected chi connectivity index (χ4v) is 4.43. The summed E-state index contributed by atoms with van der Waals surface area (Å²) in [5.41, 5.74) is 6.02. The molecule has 3 aromatic rings. The fourth-order valence-electron chi connectivity index (χ4n) is 4.43. The van der Waals surface area contributed by atoms with E-state index in [0.717, 1.165) is 31.6 Å². The van der Waals surface area contributed by atoms with E-state index in [0.29, 0.717) is 12.3 Å². The Bertz CT molecular complexity index is 979. The average Bonchev–Trinajstić information content (AvgIpc) is 2.77. The summed E-state index contributed by atoms with van der Waals surface area (Å²) in [6.07, 6.45) is 2.34. The highest BCUT2D eigenvalue weighted by Gasteiger charge is 2.28. The lowest BCUT2D eigenvalue weighted by Gasteiger charge is -2.36. The maximum atomic E-state index is 13.2. The van der Waals surface area contributed by atoms with Crippen LogP contribution in [0.5, 0.6) is 0 Å². The van der Waals surface area contributed by atoms with E-state index in [9.17, 15) is 4.79 Å². The first kappa shape index (κ1) is 20.4. The van der Waals surface area contributed by atoms with Crippen molar-refractivity contribution in [1.29, 1.82) is 0 Å². The maximum Gasteiger partial charge on any atom is 0.227 e. The summed E-state index contributed by atoms with van der Waals surface area (Å²) in [4.78, 5) is 17.4. The smallest absolute Gasteiger partial charge is 0.227 e. The largest absolute Gasteiger partial charge is 0.312 e. The lowest BCUT2D eigenvalue weighted by atomic mass is 9.91. The maximum absolute atomic E-state index is 13.2. The molecule has 1 amide bonds. The van der Waals surface area contributed by atoms with E-state index >= 15 is 0 Å². The lowest BCUT2D eigenvalue weighted by molar-refractivity contribution is -0.118. The second kappa shape index (κ2) is 9.27. The SMILES string of the molecule is CN(C)C[C@H]1Cc2ccccc2N(C(=O)CCc2ccc(-c3ccccc3)cc2)C1. The van der Waals surface area contributed by atoms with Crippen LogP contribution in [0, 0.1) is 5.92 Å². The van der Waals surface area contributed by atoms with Gasteiger partial charge in [-0.05, 0) is 61.2 Å². The highest BCUT2D eigenvalue weighted by Crippen LogP contribution is 2.30. The van der Waals surface area contributed by atoms with E-state index in [1.54, 1.807) is 0 Å². The van der Waals surface area contributed by atoms with Crippen molar-refractivity contribution in [3.63, 3.8) is 0 Å². The average molecular weight is 399 g/mol. The number of nitrogens with zero attached hydrogens (tertiary/aromatic N) is 2. The number of carbonyl (C=O) groups excluding carboxylic acids is 1. The first-order chi connectivity index (χ1) is 14.6. The molecular formula is C27H30N2O. The summed E-state index contributed by atoms with van der Waals surface area (Å²) >= 11 is 0. The number of para-hydroxylation sites is 1. The van der Waals surface area contributed by atoms with Gasteiger partial charge in [0.1, 0.15) is 0 Å². The summed E-state index contributed by atoms with van der Waals surface area (Å²) in [6, 6.07) is 27.4. The molecule has 0 unspecified atom stereocenters. The van der Waals surface area contributed by atoms with Crippen LogP contribution in [0.1, 0.15) is 17.5 Å². The Kier molecular flexibility index (Phi) is 6.29. The molecule has 3 heteroatoms. The molecule has 0 N–H and O–H groups in total. The number of rotatable bonds is 6. The monoisotopic (exact) mass is 398 g/mol. The third-order valence-corrected chi connectivity index (χ3v) is 5.84. The summed E-state index contributed by atoms with van der Waals surface area (Å²) in [5, 5.41) is 0. The molecule has 1 aliphatic heterocycles. The summed E-state index contributed by atoms with van der Waals surface area (Å²) in [6.45, 7) is 1.81. The van der Waals surface area contributed by atoms with Gasteiger partial charge in [-0.15, -0.1) is 0 Å². The number of aryl methyl sites for hydroxylation is 1. The van der Waals surface area contributed by atoms with Crippen LogP contribution in [-0.4, -0.2) is 38.0 Å². The predicted octanol–water partition coefficient (Wildman–Crippen LogP) is 5.05. The molecule has 0 radical (unpaired) electrons. The number of anilines is 1. The van der Waals surface area contributed by atoms with Crippen LogP contribution in [-0.2, 0) is 17.6 Å². The van der Waals surface area contributed by atoms with Crippen LogP contribution in [0.4, 0.5) is 5.69 Å². The van der Waals surface area contributed by atoms with Crippen LogP contribution in [0.15, 0.2) is 78.9 Å². The van der Waals surface area contributed by atoms with Gasteiger partial charge in [-0.3, -0.25) is 4.79 Å². The Morgan fingerprint density at radius 1 is 0.900 bits per heavy atom. The second-order valence-corrected chi connectivity index (χ2v) is 8.53. The highest BCUT2D eigenvalue weighted by molar-refractivity contribution is 5.94. The van der Waals surface area contributed by atoms with Gasteiger partial charge in [0.15, 0.2) is 0 Å². The Morgan fingerprint density at radius 3 is 2.30 bits per heavy atom. The van der Waals surface area contributed by atoms with Gasteiger partial charge in [0.2, 0.25) is 5.91 Å². The molecule has 0 aromatic heterocycles. The number of hydrogen-bond acceptors (Lipinski definition) is 2. The molecule has 4 rings (SSSR count). The minimum atomic E-state index is 0.220. The Morgan fingerprint density at radius 2 is 1.57 bits per heavy atom. The number of fused-ring (bicyclic) bond motifs is 1. The topological polar surface area (TPSA) is 23.6 Å². The first-order valence-electron chi connectivity index (χ1n) is 10.8. The number of amides is 1. The van der Waals surface area contributed by atoms with Crippen molar-refractivity contribution in [2.75, 3.05) is 32.1 Å². The van der Waals surface area contributed by atoms with Crippen molar-refractivity contribution in [3.8, 4) is 11.1 Å². The second-order valence-electron chi connectivity index (χ2n) is 8.53. The van der Waals surface area contributed by atoms with Gasteiger partial charge in [-0.25, -0.2) is 0 Å². The van der Waals surface area contributed by atoms with Gasteiger partial charge in [0.05, 0.1) is 0 Å². The number of benzene rings is 3. The zero-order chi connectivity index (χ0) is 20.9. The Balaban J connectivity index is 1.43. The minimum Gasteiger partial charge on any atom is -0.312 e. The van der Waals surface area contributed by atoms with Gasteiger partial charge in [0.25, 0.3) is 0 Å². The van der Waals surface area contributed by atoms with Gasteiger partial charge < -0.3 is 9.80 Å². The molecule has 0 saturated carbocycles. The van der Waals surface area contributed by atoms with Crippen LogP contribution in [0.25, 0.3) is 11.1 Å². The van der Waals surface area contributed by atoms with Crippen molar-refractivity contribution < 1.29 is 4.79 Å². The minimum absolute atomic E-state index is 0.220. The van der Waals surface area contributed by atoms with E-state index in [4.69, 9.17) is 0 Å². The Labute approximate surface area is 180 Å². The number of hydrogen-bond donors (Lipinski definition) is 0. The lowest BCUT2D eigenvalue weighted by Crippen LogP contribution is -2.43. The van der Waals surface area contributed by atoms with Crippen LogP contribution >= 0.6 is 0 Å². The van der Waals surface area contributed by atoms with Gasteiger partial charge >= 0.3 is 0 Å².